The number of thiol groups is 4. The first-order valence-electron chi connectivity index (χ1n) is 18.1. The molecule has 3 aliphatic rings. The molecule has 0 spiro atoms. The van der Waals surface area contributed by atoms with Crippen LogP contribution in [0.5, 0.6) is 0 Å². The minimum absolute atomic E-state index is 0.178. The van der Waals surface area contributed by atoms with Gasteiger partial charge in [0.2, 0.25) is 5.69 Å². The predicted molar refractivity (Wildman–Crippen MR) is 235 cm³/mol. The molecule has 0 bridgehead atoms. The third kappa shape index (κ3) is 6.67. The maximum absolute atomic E-state index is 7.33. The number of hydrogen-bond acceptors (Lipinski definition) is 5. The fraction of sp³-hybridized carbons (Fsp3) is 0.341. The second-order valence-corrected chi connectivity index (χ2v) is 17.4. The molecule has 0 amide bonds. The lowest BCUT2D eigenvalue weighted by atomic mass is 9.78. The van der Waals surface area contributed by atoms with Gasteiger partial charge < -0.3 is 4.90 Å². The van der Waals surface area contributed by atoms with Crippen LogP contribution >= 0.6 is 62.1 Å². The Bertz CT molecular complexity index is 2200. The Balaban J connectivity index is 1.26. The molecule has 264 valence electrons. The Kier molecular flexibility index (Phi) is 10.7. The van der Waals surface area contributed by atoms with Crippen LogP contribution in [0.1, 0.15) is 70.9 Å². The second kappa shape index (κ2) is 14.7. The highest BCUT2D eigenvalue weighted by atomic mass is 35.5. The van der Waals surface area contributed by atoms with Crippen molar-refractivity contribution >= 4 is 101 Å². The van der Waals surface area contributed by atoms with Crippen LogP contribution in [-0.4, -0.2) is 34.9 Å². The van der Waals surface area contributed by atoms with Crippen molar-refractivity contribution in [1.82, 2.24) is 0 Å². The topological polar surface area (TPSA) is 6.25 Å². The van der Waals surface area contributed by atoms with Gasteiger partial charge in [-0.15, -0.1) is 25.3 Å². The van der Waals surface area contributed by atoms with Gasteiger partial charge in [0, 0.05) is 62.3 Å². The number of nitrogens with zero attached hydrogens (tertiary/aromatic N) is 2. The number of hydrogen-bond donors (Lipinski definition) is 4. The van der Waals surface area contributed by atoms with Crippen molar-refractivity contribution in [2.45, 2.75) is 80.4 Å². The van der Waals surface area contributed by atoms with Crippen LogP contribution in [0.2, 0.25) is 0 Å². The molecular formula is C44H48ClN2S4+. The minimum atomic E-state index is -0.178. The number of benzene rings is 4. The van der Waals surface area contributed by atoms with Crippen LogP contribution < -0.4 is 4.90 Å². The third-order valence-electron chi connectivity index (χ3n) is 11.1. The zero-order valence-corrected chi connectivity index (χ0v) is 34.3. The molecule has 0 saturated carbocycles. The second-order valence-electron chi connectivity index (χ2n) is 15.1. The van der Waals surface area contributed by atoms with Crippen molar-refractivity contribution in [3.8, 4) is 0 Å². The molecule has 0 unspecified atom stereocenters. The Labute approximate surface area is 331 Å². The Hall–Kier alpha value is -2.48. The van der Waals surface area contributed by atoms with Crippen LogP contribution in [0.3, 0.4) is 0 Å². The molecule has 4 aromatic rings. The maximum atomic E-state index is 7.33. The Morgan fingerprint density at radius 3 is 2.12 bits per heavy atom. The molecule has 0 atom stereocenters. The third-order valence-corrected chi connectivity index (χ3v) is 12.8. The summed E-state index contributed by atoms with van der Waals surface area (Å²) >= 11 is 25.7. The van der Waals surface area contributed by atoms with E-state index in [0.29, 0.717) is 0 Å². The fourth-order valence-electron chi connectivity index (χ4n) is 8.67. The first kappa shape index (κ1) is 36.9. The highest BCUT2D eigenvalue weighted by Crippen LogP contribution is 2.51. The van der Waals surface area contributed by atoms with Gasteiger partial charge in [0.15, 0.2) is 5.71 Å². The van der Waals surface area contributed by atoms with Crippen molar-refractivity contribution in [3.05, 3.63) is 118 Å². The Morgan fingerprint density at radius 2 is 1.43 bits per heavy atom. The first-order valence-corrected chi connectivity index (χ1v) is 20.7. The van der Waals surface area contributed by atoms with Gasteiger partial charge in [-0.2, -0.15) is 29.8 Å². The van der Waals surface area contributed by atoms with Gasteiger partial charge in [-0.25, -0.2) is 0 Å². The molecule has 51 heavy (non-hydrogen) atoms. The van der Waals surface area contributed by atoms with Gasteiger partial charge in [0.1, 0.15) is 6.54 Å². The molecule has 0 radical (unpaired) electrons. The number of anilines is 1. The minimum Gasteiger partial charge on any atom is -0.344 e. The highest BCUT2D eigenvalue weighted by Gasteiger charge is 2.45. The van der Waals surface area contributed by atoms with Crippen molar-refractivity contribution in [1.29, 1.82) is 0 Å². The van der Waals surface area contributed by atoms with Crippen LogP contribution in [0.15, 0.2) is 117 Å². The van der Waals surface area contributed by atoms with E-state index in [0.717, 1.165) is 71.5 Å². The molecule has 0 fully saturated rings. The largest absolute Gasteiger partial charge is 0.344 e. The van der Waals surface area contributed by atoms with E-state index in [1.807, 2.05) is 0 Å². The molecule has 0 N–H and O–H groups in total. The molecule has 7 rings (SSSR count). The van der Waals surface area contributed by atoms with Crippen molar-refractivity contribution in [2.24, 2.45) is 0 Å². The summed E-state index contributed by atoms with van der Waals surface area (Å²) in [5.74, 6) is 1.70. The molecule has 0 saturated heterocycles. The maximum Gasteiger partial charge on any atom is 0.210 e. The number of halogens is 1. The van der Waals surface area contributed by atoms with Gasteiger partial charge in [-0.3, -0.25) is 0 Å². The molecular weight excluding hydrogens is 720 g/mol. The summed E-state index contributed by atoms with van der Waals surface area (Å²) in [5, 5.41) is 5.94. The van der Waals surface area contributed by atoms with E-state index in [4.69, 9.17) is 11.6 Å². The summed E-state index contributed by atoms with van der Waals surface area (Å²) in [6, 6.07) is 22.1. The lowest BCUT2D eigenvalue weighted by Gasteiger charge is -2.27. The van der Waals surface area contributed by atoms with Gasteiger partial charge in [-0.1, -0.05) is 55.8 Å². The summed E-state index contributed by atoms with van der Waals surface area (Å²) < 4.78 is 2.51. The monoisotopic (exact) mass is 767 g/mol. The smallest absolute Gasteiger partial charge is 0.210 e. The average molecular weight is 769 g/mol. The van der Waals surface area contributed by atoms with E-state index in [1.54, 1.807) is 0 Å². The average Bonchev–Trinajstić information content (AvgIpc) is 3.46. The van der Waals surface area contributed by atoms with Crippen LogP contribution in [0, 0.1) is 0 Å². The van der Waals surface area contributed by atoms with Crippen LogP contribution in [0.25, 0.3) is 21.5 Å². The van der Waals surface area contributed by atoms with Crippen molar-refractivity contribution in [2.75, 3.05) is 29.5 Å². The summed E-state index contributed by atoms with van der Waals surface area (Å²) in [4.78, 5) is 4.48. The SMILES string of the molecule is CC1(C)C(/C=C/C2=C(Cl)C(=C/C=C3/N(CCCS)c4ccc5cc(S)ccc5c4C3(C)C)/CCC2)=[N+](CCCS)c2ccc3cc(S)ccc3c21. The summed E-state index contributed by atoms with van der Waals surface area (Å²) in [7, 11) is 0. The van der Waals surface area contributed by atoms with Gasteiger partial charge >= 0.3 is 0 Å². The predicted octanol–water partition coefficient (Wildman–Crippen LogP) is 12.4. The zero-order valence-electron chi connectivity index (χ0n) is 30.0. The molecule has 2 heterocycles. The molecule has 2 aliphatic heterocycles. The molecule has 1 aliphatic carbocycles. The number of allylic oxidation sites excluding steroid dienone is 8. The van der Waals surface area contributed by atoms with Crippen LogP contribution in [-0.2, 0) is 10.8 Å². The van der Waals surface area contributed by atoms with Crippen LogP contribution in [0.4, 0.5) is 11.4 Å². The summed E-state index contributed by atoms with van der Waals surface area (Å²) in [6.07, 6.45) is 14.3. The molecule has 4 aromatic carbocycles. The van der Waals surface area contributed by atoms with E-state index >= 15 is 0 Å². The lowest BCUT2D eigenvalue weighted by molar-refractivity contribution is -0.437. The lowest BCUT2D eigenvalue weighted by Crippen LogP contribution is -2.28. The highest BCUT2D eigenvalue weighted by molar-refractivity contribution is 7.80. The summed E-state index contributed by atoms with van der Waals surface area (Å²) in [6.45, 7) is 11.3. The Morgan fingerprint density at radius 1 is 0.765 bits per heavy atom. The molecule has 0 aromatic heterocycles. The van der Waals surface area contributed by atoms with E-state index in [1.165, 1.54) is 66.6 Å². The van der Waals surface area contributed by atoms with Gasteiger partial charge in [0.25, 0.3) is 0 Å². The first-order chi connectivity index (χ1) is 24.5. The van der Waals surface area contributed by atoms with E-state index in [9.17, 15) is 0 Å². The van der Waals surface area contributed by atoms with Gasteiger partial charge in [0.05, 0.1) is 5.41 Å². The quantitative estimate of drug-likeness (QED) is 0.0978. The fourth-order valence-corrected chi connectivity index (χ4v) is 9.69. The van der Waals surface area contributed by atoms with E-state index < -0.39 is 0 Å². The molecule has 2 nitrogen and oxygen atoms in total. The van der Waals surface area contributed by atoms with E-state index in [-0.39, 0.29) is 10.8 Å². The standard InChI is InChI=1S/C44H47ClN2S4/c1-43(2)38(46(22-6-24-48)36-18-10-30-26-32(50)14-16-34(30)40(36)43)20-12-28-8-5-9-29(42(28)45)13-21-39-44(3,4)41-35-17-15-33(51)27-31(35)11-19-37(41)47(39)23-7-25-49/h10-21,26-27H,5-9,22-25H2,1-4H3,(H3-,48,49,50,51)/p+1. The zero-order chi connectivity index (χ0) is 36.1. The van der Waals surface area contributed by atoms with Crippen molar-refractivity contribution in [3.63, 3.8) is 0 Å². The number of fused-ring (bicyclic) bond motifs is 6. The normalized spacial score (nSPS) is 19.8. The van der Waals surface area contributed by atoms with E-state index in [2.05, 4.69) is 173 Å². The van der Waals surface area contributed by atoms with Gasteiger partial charge in [-0.05, 0) is 132 Å². The summed E-state index contributed by atoms with van der Waals surface area (Å²) in [5.41, 5.74) is 10.0. The molecule has 7 heteroatoms. The number of rotatable bonds is 9. The van der Waals surface area contributed by atoms with Crippen molar-refractivity contribution < 1.29 is 4.58 Å².